The lowest BCUT2D eigenvalue weighted by atomic mass is 10.0. The number of hydrogen-bond acceptors (Lipinski definition) is 3. The van der Waals surface area contributed by atoms with Crippen LogP contribution in [0, 0.1) is 0 Å². The smallest absolute Gasteiger partial charge is 0.170 e. The van der Waals surface area contributed by atoms with Gasteiger partial charge in [-0.25, -0.2) is 0 Å². The number of nitrogens with one attached hydrogen (secondary N) is 1. The van der Waals surface area contributed by atoms with Crippen LogP contribution < -0.4 is 5.32 Å². The molecule has 0 amide bonds. The van der Waals surface area contributed by atoms with Crippen molar-refractivity contribution in [3.05, 3.63) is 51.4 Å². The summed E-state index contributed by atoms with van der Waals surface area (Å²) in [5.41, 5.74) is 1.03. The van der Waals surface area contributed by atoms with Crippen molar-refractivity contribution in [2.45, 2.75) is 43.8 Å². The highest BCUT2D eigenvalue weighted by atomic mass is 35.5. The third-order valence-corrected chi connectivity index (χ3v) is 6.37. The van der Waals surface area contributed by atoms with Gasteiger partial charge in [0.05, 0.1) is 22.1 Å². The molecule has 0 bridgehead atoms. The molecule has 23 heavy (non-hydrogen) atoms. The third kappa shape index (κ3) is 2.86. The highest BCUT2D eigenvalue weighted by molar-refractivity contribution is 7.80. The number of halogens is 1. The molecule has 6 heteroatoms. The minimum atomic E-state index is 0.0824. The predicted octanol–water partition coefficient (Wildman–Crippen LogP) is 4.71. The average molecular weight is 364 g/mol. The Labute approximate surface area is 150 Å². The van der Waals surface area contributed by atoms with Crippen molar-refractivity contribution in [3.8, 4) is 0 Å². The second-order valence-corrected chi connectivity index (χ2v) is 8.25. The number of pyridine rings is 1. The van der Waals surface area contributed by atoms with Crippen molar-refractivity contribution in [2.24, 2.45) is 0 Å². The highest BCUT2D eigenvalue weighted by Gasteiger charge is 2.44. The van der Waals surface area contributed by atoms with Crippen LogP contribution in [-0.2, 0) is 0 Å². The second kappa shape index (κ2) is 6.38. The standard InChI is InChI=1S/C17H18ClN3S2/c18-14-9-8-13(23-14)16-15(12-7-3-4-10-19-12)20-17(22)21(16)11-5-1-2-6-11/h3-4,7-11,15-16H,1-2,5-6H2,(H,20,22)/t15-,16-/m0/s1. The maximum absolute atomic E-state index is 6.21. The Kier molecular flexibility index (Phi) is 4.26. The Hall–Kier alpha value is -1.17. The van der Waals surface area contributed by atoms with Gasteiger partial charge in [0, 0.05) is 17.1 Å². The van der Waals surface area contributed by atoms with Gasteiger partial charge in [0.15, 0.2) is 5.11 Å². The molecule has 2 aromatic rings. The molecule has 1 N–H and O–H groups in total. The summed E-state index contributed by atoms with van der Waals surface area (Å²) in [6, 6.07) is 10.9. The first-order valence-electron chi connectivity index (χ1n) is 7.99. The summed E-state index contributed by atoms with van der Waals surface area (Å²) in [7, 11) is 0. The highest BCUT2D eigenvalue weighted by Crippen LogP contribution is 2.45. The summed E-state index contributed by atoms with van der Waals surface area (Å²) >= 11 is 13.5. The van der Waals surface area contributed by atoms with Crippen LogP contribution >= 0.6 is 35.2 Å². The molecule has 2 aliphatic rings. The Morgan fingerprint density at radius 2 is 2.04 bits per heavy atom. The first kappa shape index (κ1) is 15.4. The zero-order valence-electron chi connectivity index (χ0n) is 12.6. The van der Waals surface area contributed by atoms with Gasteiger partial charge < -0.3 is 10.2 Å². The van der Waals surface area contributed by atoms with E-state index in [1.54, 1.807) is 11.3 Å². The lowest BCUT2D eigenvalue weighted by molar-refractivity contribution is 0.249. The lowest BCUT2D eigenvalue weighted by Gasteiger charge is -2.32. The molecular weight excluding hydrogens is 346 g/mol. The van der Waals surface area contributed by atoms with Gasteiger partial charge in [0.1, 0.15) is 0 Å². The van der Waals surface area contributed by atoms with Gasteiger partial charge in [-0.3, -0.25) is 4.98 Å². The van der Waals surface area contributed by atoms with Crippen LogP contribution in [0.25, 0.3) is 0 Å². The molecule has 1 saturated heterocycles. The van der Waals surface area contributed by atoms with Gasteiger partial charge >= 0.3 is 0 Å². The molecular formula is C17H18ClN3S2. The van der Waals surface area contributed by atoms with Crippen LogP contribution in [0.1, 0.15) is 48.3 Å². The maximum Gasteiger partial charge on any atom is 0.170 e. The summed E-state index contributed by atoms with van der Waals surface area (Å²) in [4.78, 5) is 8.22. The van der Waals surface area contributed by atoms with E-state index in [1.807, 2.05) is 24.4 Å². The predicted molar refractivity (Wildman–Crippen MR) is 98.9 cm³/mol. The first-order valence-corrected chi connectivity index (χ1v) is 9.59. The van der Waals surface area contributed by atoms with Gasteiger partial charge in [-0.15, -0.1) is 11.3 Å². The fourth-order valence-electron chi connectivity index (χ4n) is 3.73. The number of rotatable bonds is 3. The van der Waals surface area contributed by atoms with Gasteiger partial charge in [-0.05, 0) is 49.3 Å². The first-order chi connectivity index (χ1) is 11.2. The zero-order valence-corrected chi connectivity index (χ0v) is 15.0. The number of nitrogens with zero attached hydrogens (tertiary/aromatic N) is 2. The van der Waals surface area contributed by atoms with Crippen molar-refractivity contribution in [3.63, 3.8) is 0 Å². The van der Waals surface area contributed by atoms with Crippen molar-refractivity contribution in [2.75, 3.05) is 0 Å². The van der Waals surface area contributed by atoms with E-state index in [4.69, 9.17) is 23.8 Å². The quantitative estimate of drug-likeness (QED) is 0.799. The van der Waals surface area contributed by atoms with Crippen LogP contribution in [0.5, 0.6) is 0 Å². The summed E-state index contributed by atoms with van der Waals surface area (Å²) in [6.45, 7) is 0. The van der Waals surface area contributed by atoms with E-state index in [1.165, 1.54) is 30.6 Å². The van der Waals surface area contributed by atoms with Gasteiger partial charge in [-0.1, -0.05) is 30.5 Å². The number of aromatic nitrogens is 1. The minimum Gasteiger partial charge on any atom is -0.352 e. The number of thiophene rings is 1. The van der Waals surface area contributed by atoms with Gasteiger partial charge in [0.25, 0.3) is 0 Å². The average Bonchev–Trinajstić information content (AvgIpc) is 3.27. The second-order valence-electron chi connectivity index (χ2n) is 6.11. The number of hydrogen-bond donors (Lipinski definition) is 1. The molecule has 0 aromatic carbocycles. The molecule has 1 aliphatic heterocycles. The number of thiocarbonyl (C=S) groups is 1. The molecule has 0 unspecified atom stereocenters. The largest absolute Gasteiger partial charge is 0.352 e. The van der Waals surface area contributed by atoms with Crippen molar-refractivity contribution >= 4 is 40.3 Å². The summed E-state index contributed by atoms with van der Waals surface area (Å²) < 4.78 is 0.823. The van der Waals surface area contributed by atoms with Crippen molar-refractivity contribution in [1.29, 1.82) is 0 Å². The van der Waals surface area contributed by atoms with E-state index in [2.05, 4.69) is 27.3 Å². The normalized spacial score (nSPS) is 25.1. The summed E-state index contributed by atoms with van der Waals surface area (Å²) in [5, 5.41) is 4.36. The molecule has 4 rings (SSSR count). The van der Waals surface area contributed by atoms with E-state index < -0.39 is 0 Å². The van der Waals surface area contributed by atoms with E-state index >= 15 is 0 Å². The molecule has 1 saturated carbocycles. The third-order valence-electron chi connectivity index (χ3n) is 4.74. The van der Waals surface area contributed by atoms with Crippen LogP contribution in [0.4, 0.5) is 0 Å². The molecule has 3 nitrogen and oxygen atoms in total. The monoisotopic (exact) mass is 363 g/mol. The van der Waals surface area contributed by atoms with E-state index in [0.717, 1.165) is 15.1 Å². The van der Waals surface area contributed by atoms with Crippen LogP contribution in [0.15, 0.2) is 36.5 Å². The summed E-state index contributed by atoms with van der Waals surface area (Å²) in [6.07, 6.45) is 6.85. The SMILES string of the molecule is S=C1N[C@@H](c2ccccn2)[C@H](c2ccc(Cl)s2)N1C1CCCC1. The Balaban J connectivity index is 1.75. The maximum atomic E-state index is 6.21. The molecule has 2 atom stereocenters. The molecule has 2 aromatic heterocycles. The minimum absolute atomic E-state index is 0.0824. The lowest BCUT2D eigenvalue weighted by Crippen LogP contribution is -2.37. The van der Waals surface area contributed by atoms with E-state index in [-0.39, 0.29) is 12.1 Å². The van der Waals surface area contributed by atoms with Gasteiger partial charge in [0.2, 0.25) is 0 Å². The van der Waals surface area contributed by atoms with Crippen LogP contribution in [-0.4, -0.2) is 21.0 Å². The Morgan fingerprint density at radius 3 is 2.70 bits per heavy atom. The van der Waals surface area contributed by atoms with Crippen LogP contribution in [0.2, 0.25) is 4.34 Å². The fraction of sp³-hybridized carbons (Fsp3) is 0.412. The van der Waals surface area contributed by atoms with Crippen molar-refractivity contribution in [1.82, 2.24) is 15.2 Å². The fourth-order valence-corrected chi connectivity index (χ4v) is 5.32. The topological polar surface area (TPSA) is 28.2 Å². The molecule has 0 radical (unpaired) electrons. The Morgan fingerprint density at radius 1 is 1.22 bits per heavy atom. The van der Waals surface area contributed by atoms with Crippen LogP contribution in [0.3, 0.4) is 0 Å². The van der Waals surface area contributed by atoms with E-state index in [0.29, 0.717) is 6.04 Å². The Bertz CT molecular complexity index is 697. The molecule has 2 fully saturated rings. The molecule has 3 heterocycles. The van der Waals surface area contributed by atoms with E-state index in [9.17, 15) is 0 Å². The molecule has 1 aliphatic carbocycles. The van der Waals surface area contributed by atoms with Gasteiger partial charge in [-0.2, -0.15) is 0 Å². The van der Waals surface area contributed by atoms with Crippen molar-refractivity contribution < 1.29 is 0 Å². The molecule has 120 valence electrons. The zero-order chi connectivity index (χ0) is 15.8. The molecule has 0 spiro atoms. The summed E-state index contributed by atoms with van der Waals surface area (Å²) in [5.74, 6) is 0.